The summed E-state index contributed by atoms with van der Waals surface area (Å²) in [5.74, 6) is 1.12. The van der Waals surface area contributed by atoms with Crippen LogP contribution >= 0.6 is 11.3 Å². The maximum Gasteiger partial charge on any atom is 0.238 e. The summed E-state index contributed by atoms with van der Waals surface area (Å²) < 4.78 is 0. The minimum Gasteiger partial charge on any atom is -0.321 e. The maximum absolute atomic E-state index is 12.0. The van der Waals surface area contributed by atoms with E-state index in [1.807, 2.05) is 4.90 Å². The Morgan fingerprint density at radius 3 is 2.89 bits per heavy atom. The zero-order valence-electron chi connectivity index (χ0n) is 10.8. The number of rotatable bonds is 4. The van der Waals surface area contributed by atoms with E-state index in [1.165, 1.54) is 35.4 Å². The van der Waals surface area contributed by atoms with Gasteiger partial charge in [-0.1, -0.05) is 19.3 Å². The summed E-state index contributed by atoms with van der Waals surface area (Å²) in [5.41, 5.74) is 0. The van der Waals surface area contributed by atoms with Gasteiger partial charge in [-0.25, -0.2) is 0 Å². The molecule has 1 saturated heterocycles. The highest BCUT2D eigenvalue weighted by molar-refractivity contribution is 7.12. The molecule has 98 valence electrons. The average molecular weight is 264 g/mol. The second kappa shape index (κ2) is 5.02. The molecule has 1 aromatic heterocycles. The first-order valence-corrected chi connectivity index (χ1v) is 7.65. The largest absolute Gasteiger partial charge is 0.321 e. The van der Waals surface area contributed by atoms with Gasteiger partial charge in [-0.15, -0.1) is 11.3 Å². The second-order valence-corrected chi connectivity index (χ2v) is 6.72. The third kappa shape index (κ3) is 2.31. The summed E-state index contributed by atoms with van der Waals surface area (Å²) in [6.45, 7) is 3.52. The molecule has 1 unspecified atom stereocenters. The van der Waals surface area contributed by atoms with Crippen molar-refractivity contribution in [2.24, 2.45) is 5.92 Å². The van der Waals surface area contributed by atoms with Gasteiger partial charge in [0.25, 0.3) is 0 Å². The average Bonchev–Trinajstić information content (AvgIpc) is 2.84. The number of aryl methyl sites for hydroxylation is 1. The van der Waals surface area contributed by atoms with Gasteiger partial charge in [0, 0.05) is 16.3 Å². The van der Waals surface area contributed by atoms with Gasteiger partial charge in [0.05, 0.1) is 6.54 Å². The molecule has 4 heteroatoms. The van der Waals surface area contributed by atoms with E-state index in [0.29, 0.717) is 6.54 Å². The van der Waals surface area contributed by atoms with E-state index in [0.717, 1.165) is 12.5 Å². The number of hydrogen-bond donors (Lipinski definition) is 1. The van der Waals surface area contributed by atoms with Gasteiger partial charge in [0.2, 0.25) is 5.91 Å². The van der Waals surface area contributed by atoms with Gasteiger partial charge in [0.1, 0.15) is 6.17 Å². The van der Waals surface area contributed by atoms with Gasteiger partial charge < -0.3 is 4.90 Å². The summed E-state index contributed by atoms with van der Waals surface area (Å²) in [7, 11) is 0. The molecule has 1 aliphatic heterocycles. The lowest BCUT2D eigenvalue weighted by Gasteiger charge is -2.29. The van der Waals surface area contributed by atoms with Crippen LogP contribution in [-0.2, 0) is 4.79 Å². The van der Waals surface area contributed by atoms with E-state index < -0.39 is 0 Å². The zero-order chi connectivity index (χ0) is 12.5. The lowest BCUT2D eigenvalue weighted by Crippen LogP contribution is -2.32. The smallest absolute Gasteiger partial charge is 0.238 e. The summed E-state index contributed by atoms with van der Waals surface area (Å²) in [4.78, 5) is 16.6. The molecular weight excluding hydrogens is 244 g/mol. The van der Waals surface area contributed by atoms with Crippen LogP contribution in [0.2, 0.25) is 0 Å². The van der Waals surface area contributed by atoms with Crippen molar-refractivity contribution >= 4 is 17.2 Å². The SMILES string of the molecule is Cc1ccc(C2NCC(=O)N2CCC2CCC2)s1. The maximum atomic E-state index is 12.0. The Morgan fingerprint density at radius 1 is 1.44 bits per heavy atom. The molecule has 2 fully saturated rings. The van der Waals surface area contributed by atoms with Crippen LogP contribution in [0.4, 0.5) is 0 Å². The first-order chi connectivity index (χ1) is 8.74. The first kappa shape index (κ1) is 12.2. The van der Waals surface area contributed by atoms with E-state index in [-0.39, 0.29) is 12.1 Å². The molecule has 3 nitrogen and oxygen atoms in total. The predicted octanol–water partition coefficient (Wildman–Crippen LogP) is 2.68. The van der Waals surface area contributed by atoms with Crippen molar-refractivity contribution in [2.75, 3.05) is 13.1 Å². The first-order valence-electron chi connectivity index (χ1n) is 6.83. The van der Waals surface area contributed by atoms with Crippen molar-refractivity contribution in [3.05, 3.63) is 21.9 Å². The van der Waals surface area contributed by atoms with Crippen LogP contribution in [0.25, 0.3) is 0 Å². The molecule has 1 saturated carbocycles. The number of nitrogens with zero attached hydrogens (tertiary/aromatic N) is 1. The molecule has 1 N–H and O–H groups in total. The fourth-order valence-corrected chi connectivity index (χ4v) is 3.72. The lowest BCUT2D eigenvalue weighted by molar-refractivity contribution is -0.128. The third-order valence-corrected chi connectivity index (χ3v) is 5.17. The van der Waals surface area contributed by atoms with Crippen molar-refractivity contribution in [3.8, 4) is 0 Å². The predicted molar refractivity (Wildman–Crippen MR) is 73.5 cm³/mol. The van der Waals surface area contributed by atoms with E-state index in [1.54, 1.807) is 11.3 Å². The van der Waals surface area contributed by atoms with Gasteiger partial charge in [-0.05, 0) is 31.4 Å². The molecule has 1 aliphatic carbocycles. The summed E-state index contributed by atoms with van der Waals surface area (Å²) in [6, 6.07) is 4.28. The molecule has 1 atom stereocenters. The van der Waals surface area contributed by atoms with E-state index >= 15 is 0 Å². The minimum absolute atomic E-state index is 0.122. The third-order valence-electron chi connectivity index (χ3n) is 4.11. The fraction of sp³-hybridized carbons (Fsp3) is 0.643. The van der Waals surface area contributed by atoms with Gasteiger partial charge in [0.15, 0.2) is 0 Å². The highest BCUT2D eigenvalue weighted by Gasteiger charge is 2.32. The van der Waals surface area contributed by atoms with Crippen LogP contribution in [-0.4, -0.2) is 23.9 Å². The molecule has 1 amide bonds. The normalized spacial score (nSPS) is 24.6. The molecule has 0 bridgehead atoms. The van der Waals surface area contributed by atoms with Gasteiger partial charge in [-0.2, -0.15) is 0 Å². The molecule has 0 aromatic carbocycles. The topological polar surface area (TPSA) is 32.3 Å². The Kier molecular flexibility index (Phi) is 3.39. The Balaban J connectivity index is 1.66. The van der Waals surface area contributed by atoms with Crippen molar-refractivity contribution in [3.63, 3.8) is 0 Å². The lowest BCUT2D eigenvalue weighted by atomic mass is 9.83. The summed E-state index contributed by atoms with van der Waals surface area (Å²) >= 11 is 1.79. The molecule has 0 radical (unpaired) electrons. The molecule has 2 aliphatic rings. The Labute approximate surface area is 112 Å². The molecule has 2 heterocycles. The van der Waals surface area contributed by atoms with Gasteiger partial charge >= 0.3 is 0 Å². The molecule has 3 rings (SSSR count). The number of carbonyl (C=O) groups is 1. The van der Waals surface area contributed by atoms with Crippen molar-refractivity contribution in [1.82, 2.24) is 10.2 Å². The monoisotopic (exact) mass is 264 g/mol. The Morgan fingerprint density at radius 2 is 2.28 bits per heavy atom. The van der Waals surface area contributed by atoms with Crippen LogP contribution in [0.1, 0.15) is 41.6 Å². The van der Waals surface area contributed by atoms with Crippen LogP contribution in [0, 0.1) is 12.8 Å². The van der Waals surface area contributed by atoms with E-state index in [2.05, 4.69) is 24.4 Å². The number of hydrogen-bond acceptors (Lipinski definition) is 3. The Bertz CT molecular complexity index is 439. The van der Waals surface area contributed by atoms with Gasteiger partial charge in [-0.3, -0.25) is 10.1 Å². The highest BCUT2D eigenvalue weighted by atomic mass is 32.1. The van der Waals surface area contributed by atoms with Crippen molar-refractivity contribution < 1.29 is 4.79 Å². The second-order valence-electron chi connectivity index (χ2n) is 5.40. The molecule has 0 spiro atoms. The van der Waals surface area contributed by atoms with Crippen molar-refractivity contribution in [2.45, 2.75) is 38.8 Å². The summed E-state index contributed by atoms with van der Waals surface area (Å²) in [6.07, 6.45) is 5.39. The van der Waals surface area contributed by atoms with Crippen molar-refractivity contribution in [1.29, 1.82) is 0 Å². The highest BCUT2D eigenvalue weighted by Crippen LogP contribution is 2.32. The number of carbonyl (C=O) groups excluding carboxylic acids is 1. The van der Waals surface area contributed by atoms with E-state index in [4.69, 9.17) is 0 Å². The molecule has 18 heavy (non-hydrogen) atoms. The fourth-order valence-electron chi connectivity index (χ4n) is 2.75. The number of amides is 1. The van der Waals surface area contributed by atoms with E-state index in [9.17, 15) is 4.79 Å². The molecular formula is C14H20N2OS. The Hall–Kier alpha value is -0.870. The van der Waals surface area contributed by atoms with Crippen LogP contribution in [0.5, 0.6) is 0 Å². The quantitative estimate of drug-likeness (QED) is 0.907. The number of thiophene rings is 1. The van der Waals surface area contributed by atoms with Crippen LogP contribution < -0.4 is 5.32 Å². The number of nitrogens with one attached hydrogen (secondary N) is 1. The standard InChI is InChI=1S/C14H20N2OS/c1-10-5-6-12(18-10)14-15-9-13(17)16(14)8-7-11-3-2-4-11/h5-6,11,14-15H,2-4,7-9H2,1H3. The molecule has 1 aromatic rings. The minimum atomic E-state index is 0.122. The van der Waals surface area contributed by atoms with Crippen LogP contribution in [0.3, 0.4) is 0 Å². The summed E-state index contributed by atoms with van der Waals surface area (Å²) in [5, 5.41) is 3.33. The zero-order valence-corrected chi connectivity index (χ0v) is 11.6. The van der Waals surface area contributed by atoms with Crippen LogP contribution in [0.15, 0.2) is 12.1 Å².